The van der Waals surface area contributed by atoms with Gasteiger partial charge in [-0.3, -0.25) is 4.79 Å². The third-order valence-electron chi connectivity index (χ3n) is 3.63. The second kappa shape index (κ2) is 7.07. The van der Waals surface area contributed by atoms with Crippen molar-refractivity contribution in [3.05, 3.63) is 68.3 Å². The first kappa shape index (κ1) is 16.0. The number of nitrogens with one attached hydrogen (secondary N) is 1. The minimum absolute atomic E-state index is 0.00757. The summed E-state index contributed by atoms with van der Waals surface area (Å²) in [6, 6.07) is 14.1. The van der Waals surface area contributed by atoms with Crippen LogP contribution in [-0.4, -0.2) is 5.91 Å². The first-order valence-electron chi connectivity index (χ1n) is 7.15. The van der Waals surface area contributed by atoms with E-state index in [0.29, 0.717) is 0 Å². The van der Waals surface area contributed by atoms with Gasteiger partial charge in [-0.2, -0.15) is 0 Å². The normalized spacial score (nSPS) is 12.0. The highest BCUT2D eigenvalue weighted by atomic mass is 127. The third-order valence-corrected chi connectivity index (χ3v) is 4.57. The number of rotatable bonds is 4. The molecule has 0 aliphatic heterocycles. The summed E-state index contributed by atoms with van der Waals surface area (Å²) in [4.78, 5) is 12.5. The van der Waals surface area contributed by atoms with E-state index in [-0.39, 0.29) is 11.9 Å². The Morgan fingerprint density at radius 2 is 1.90 bits per heavy atom. The van der Waals surface area contributed by atoms with Gasteiger partial charge in [-0.05, 0) is 66.1 Å². The summed E-state index contributed by atoms with van der Waals surface area (Å²) in [7, 11) is 0. The third kappa shape index (κ3) is 3.84. The van der Waals surface area contributed by atoms with Gasteiger partial charge in [-0.25, -0.2) is 0 Å². The molecule has 1 atom stereocenters. The molecule has 2 nitrogen and oxygen atoms in total. The lowest BCUT2D eigenvalue weighted by atomic mass is 9.97. The second-order valence-electron chi connectivity index (χ2n) is 5.27. The van der Waals surface area contributed by atoms with Crippen LogP contribution < -0.4 is 5.32 Å². The van der Waals surface area contributed by atoms with E-state index < -0.39 is 0 Å². The summed E-state index contributed by atoms with van der Waals surface area (Å²) < 4.78 is 0.975. The second-order valence-corrected chi connectivity index (χ2v) is 6.44. The van der Waals surface area contributed by atoms with Crippen molar-refractivity contribution in [3.8, 4) is 0 Å². The van der Waals surface area contributed by atoms with E-state index in [1.54, 1.807) is 0 Å². The molecule has 0 aromatic heterocycles. The molecule has 0 aliphatic carbocycles. The van der Waals surface area contributed by atoms with Gasteiger partial charge in [0.2, 0.25) is 0 Å². The van der Waals surface area contributed by atoms with E-state index in [0.717, 1.165) is 15.6 Å². The Balaban J connectivity index is 2.23. The fourth-order valence-corrected chi connectivity index (χ4v) is 3.13. The smallest absolute Gasteiger partial charge is 0.252 e. The summed E-state index contributed by atoms with van der Waals surface area (Å²) in [6.45, 7) is 6.28. The standard InChI is InChI=1S/C18H20INO/c1-4-17(14-10-9-12(2)11-13(14)3)20-18(21)15-7-5-6-8-16(15)19/h5-11,17H,4H2,1-3H3,(H,20,21)/t17-/m1/s1. The number of amides is 1. The van der Waals surface area contributed by atoms with Crippen LogP contribution in [-0.2, 0) is 0 Å². The quantitative estimate of drug-likeness (QED) is 0.744. The Morgan fingerprint density at radius 1 is 1.19 bits per heavy atom. The van der Waals surface area contributed by atoms with Crippen LogP contribution in [0.3, 0.4) is 0 Å². The molecule has 0 fully saturated rings. The molecule has 2 aromatic rings. The molecule has 1 N–H and O–H groups in total. The zero-order valence-electron chi connectivity index (χ0n) is 12.6. The lowest BCUT2D eigenvalue weighted by Gasteiger charge is -2.20. The molecule has 2 aromatic carbocycles. The number of aryl methyl sites for hydroxylation is 2. The maximum absolute atomic E-state index is 12.5. The van der Waals surface area contributed by atoms with Crippen LogP contribution in [0.5, 0.6) is 0 Å². The van der Waals surface area contributed by atoms with E-state index in [9.17, 15) is 4.79 Å². The molecule has 0 spiro atoms. The van der Waals surface area contributed by atoms with Crippen molar-refractivity contribution in [1.82, 2.24) is 5.32 Å². The van der Waals surface area contributed by atoms with Crippen molar-refractivity contribution in [2.75, 3.05) is 0 Å². The highest BCUT2D eigenvalue weighted by Gasteiger charge is 2.17. The van der Waals surface area contributed by atoms with Gasteiger partial charge >= 0.3 is 0 Å². The van der Waals surface area contributed by atoms with Crippen LogP contribution in [0.2, 0.25) is 0 Å². The van der Waals surface area contributed by atoms with Crippen LogP contribution in [0, 0.1) is 17.4 Å². The Kier molecular flexibility index (Phi) is 5.39. The Hall–Kier alpha value is -1.36. The van der Waals surface area contributed by atoms with Gasteiger partial charge in [0, 0.05) is 3.57 Å². The van der Waals surface area contributed by atoms with E-state index in [1.165, 1.54) is 16.7 Å². The fourth-order valence-electron chi connectivity index (χ4n) is 2.50. The first-order chi connectivity index (χ1) is 10.0. The van der Waals surface area contributed by atoms with Gasteiger partial charge < -0.3 is 5.32 Å². The molecule has 21 heavy (non-hydrogen) atoms. The summed E-state index contributed by atoms with van der Waals surface area (Å²) >= 11 is 2.20. The van der Waals surface area contributed by atoms with Crippen molar-refractivity contribution in [1.29, 1.82) is 0 Å². The summed E-state index contributed by atoms with van der Waals surface area (Å²) in [5.74, 6) is -0.00757. The van der Waals surface area contributed by atoms with E-state index >= 15 is 0 Å². The Bertz CT molecular complexity index is 651. The zero-order valence-corrected chi connectivity index (χ0v) is 14.8. The van der Waals surface area contributed by atoms with Crippen molar-refractivity contribution < 1.29 is 4.79 Å². The Labute approximate surface area is 140 Å². The monoisotopic (exact) mass is 393 g/mol. The molecule has 0 bridgehead atoms. The largest absolute Gasteiger partial charge is 0.345 e. The van der Waals surface area contributed by atoms with Crippen LogP contribution >= 0.6 is 22.6 Å². The SMILES string of the molecule is CC[C@@H](NC(=O)c1ccccc1I)c1ccc(C)cc1C. The average Bonchev–Trinajstić information content (AvgIpc) is 2.45. The summed E-state index contributed by atoms with van der Waals surface area (Å²) in [6.07, 6.45) is 0.874. The van der Waals surface area contributed by atoms with Gasteiger partial charge in [0.1, 0.15) is 0 Å². The minimum atomic E-state index is -0.00757. The summed E-state index contributed by atoms with van der Waals surface area (Å²) in [5.41, 5.74) is 4.41. The van der Waals surface area contributed by atoms with Gasteiger partial charge in [-0.15, -0.1) is 0 Å². The van der Waals surface area contributed by atoms with E-state index in [4.69, 9.17) is 0 Å². The van der Waals surface area contributed by atoms with Gasteiger partial charge in [0.25, 0.3) is 5.91 Å². The molecule has 2 rings (SSSR count). The highest BCUT2D eigenvalue weighted by Crippen LogP contribution is 2.22. The van der Waals surface area contributed by atoms with Crippen LogP contribution in [0.25, 0.3) is 0 Å². The topological polar surface area (TPSA) is 29.1 Å². The molecule has 110 valence electrons. The zero-order chi connectivity index (χ0) is 15.4. The van der Waals surface area contributed by atoms with Crippen LogP contribution in [0.1, 0.15) is 46.4 Å². The molecular weight excluding hydrogens is 373 g/mol. The number of benzene rings is 2. The van der Waals surface area contributed by atoms with Crippen molar-refractivity contribution >= 4 is 28.5 Å². The number of halogens is 1. The maximum Gasteiger partial charge on any atom is 0.252 e. The number of carbonyl (C=O) groups is 1. The van der Waals surface area contributed by atoms with Crippen LogP contribution in [0.4, 0.5) is 0 Å². The van der Waals surface area contributed by atoms with Crippen LogP contribution in [0.15, 0.2) is 42.5 Å². The molecule has 3 heteroatoms. The molecule has 0 saturated carbocycles. The fraction of sp³-hybridized carbons (Fsp3) is 0.278. The molecule has 1 amide bonds. The summed E-state index contributed by atoms with van der Waals surface area (Å²) in [5, 5.41) is 3.16. The molecule has 0 aliphatic rings. The van der Waals surface area contributed by atoms with Gasteiger partial charge in [-0.1, -0.05) is 42.8 Å². The number of hydrogen-bond acceptors (Lipinski definition) is 1. The van der Waals surface area contributed by atoms with E-state index in [2.05, 4.69) is 66.9 Å². The number of hydrogen-bond donors (Lipinski definition) is 1. The predicted octanol–water partition coefficient (Wildman–Crippen LogP) is 4.79. The maximum atomic E-state index is 12.5. The van der Waals surface area contributed by atoms with Crippen molar-refractivity contribution in [3.63, 3.8) is 0 Å². The molecule has 0 radical (unpaired) electrons. The van der Waals surface area contributed by atoms with Gasteiger partial charge in [0.15, 0.2) is 0 Å². The molecule has 0 unspecified atom stereocenters. The van der Waals surface area contributed by atoms with Gasteiger partial charge in [0.05, 0.1) is 11.6 Å². The van der Waals surface area contributed by atoms with E-state index in [1.807, 2.05) is 24.3 Å². The molecule has 0 saturated heterocycles. The predicted molar refractivity (Wildman–Crippen MR) is 95.6 cm³/mol. The van der Waals surface area contributed by atoms with Crippen molar-refractivity contribution in [2.24, 2.45) is 0 Å². The minimum Gasteiger partial charge on any atom is -0.345 e. The lowest BCUT2D eigenvalue weighted by Crippen LogP contribution is -2.29. The Morgan fingerprint density at radius 3 is 2.52 bits per heavy atom. The molecular formula is C18H20INO. The number of carbonyl (C=O) groups excluding carboxylic acids is 1. The lowest BCUT2D eigenvalue weighted by molar-refractivity contribution is 0.0934. The van der Waals surface area contributed by atoms with Crippen molar-refractivity contribution in [2.45, 2.75) is 33.2 Å². The highest BCUT2D eigenvalue weighted by molar-refractivity contribution is 14.1. The molecule has 0 heterocycles. The average molecular weight is 393 g/mol. The first-order valence-corrected chi connectivity index (χ1v) is 8.23.